The Morgan fingerprint density at radius 1 is 1.36 bits per heavy atom. The van der Waals surface area contributed by atoms with Crippen LogP contribution in [0.3, 0.4) is 0 Å². The molecule has 1 aliphatic heterocycles. The van der Waals surface area contributed by atoms with E-state index in [4.69, 9.17) is 5.73 Å². The number of carboxylic acids is 1. The average Bonchev–Trinajstić information content (AvgIpc) is 3.39. The van der Waals surface area contributed by atoms with Crippen LogP contribution < -0.4 is 16.1 Å². The Kier molecular flexibility index (Phi) is 3.70. The topological polar surface area (TPSA) is 117 Å². The van der Waals surface area contributed by atoms with Gasteiger partial charge in [-0.1, -0.05) is 0 Å². The molecule has 0 spiro atoms. The maximum atomic E-state index is 15.9. The van der Waals surface area contributed by atoms with E-state index in [0.717, 1.165) is 25.7 Å². The number of halogens is 1. The summed E-state index contributed by atoms with van der Waals surface area (Å²) in [4.78, 5) is 33.6. The van der Waals surface area contributed by atoms with Crippen molar-refractivity contribution in [3.8, 4) is 0 Å². The molecule has 1 saturated heterocycles. The number of piperidine rings is 1. The smallest absolute Gasteiger partial charge is 0.341 e. The number of aromatic carboxylic acids is 1. The molecule has 1 aliphatic carbocycles. The van der Waals surface area contributed by atoms with Crippen molar-refractivity contribution in [3.63, 3.8) is 0 Å². The highest BCUT2D eigenvalue weighted by Gasteiger charge is 2.32. The third-order valence-corrected chi connectivity index (χ3v) is 5.71. The first-order valence-corrected chi connectivity index (χ1v) is 9.44. The number of rotatable bonds is 3. The molecule has 2 aromatic heterocycles. The van der Waals surface area contributed by atoms with E-state index in [1.54, 1.807) is 4.57 Å². The van der Waals surface area contributed by atoms with Gasteiger partial charge in [0.1, 0.15) is 16.8 Å². The molecular weight excluding hydrogens is 365 g/mol. The number of pyridine rings is 1. The second-order valence-corrected chi connectivity index (χ2v) is 7.68. The molecule has 2 aliphatic rings. The normalized spacial score (nSPS) is 20.2. The summed E-state index contributed by atoms with van der Waals surface area (Å²) < 4.78 is 17.5. The number of H-pyrrole nitrogens is 1. The van der Waals surface area contributed by atoms with Gasteiger partial charge in [-0.05, 0) is 25.7 Å². The van der Waals surface area contributed by atoms with Crippen LogP contribution in [0.25, 0.3) is 21.9 Å². The molecule has 5 rings (SSSR count). The summed E-state index contributed by atoms with van der Waals surface area (Å²) >= 11 is 0. The fourth-order valence-electron chi connectivity index (χ4n) is 4.27. The van der Waals surface area contributed by atoms with Gasteiger partial charge in [0.05, 0.1) is 22.7 Å². The van der Waals surface area contributed by atoms with E-state index in [1.807, 2.05) is 4.90 Å². The number of aromatic nitrogens is 3. The summed E-state index contributed by atoms with van der Waals surface area (Å²) in [5, 5.41) is 9.49. The Morgan fingerprint density at radius 2 is 2.14 bits per heavy atom. The van der Waals surface area contributed by atoms with Crippen LogP contribution in [0.4, 0.5) is 10.1 Å². The van der Waals surface area contributed by atoms with Crippen LogP contribution in [0.2, 0.25) is 0 Å². The van der Waals surface area contributed by atoms with Crippen LogP contribution in [0.1, 0.15) is 42.1 Å². The van der Waals surface area contributed by atoms with E-state index in [2.05, 4.69) is 9.97 Å². The summed E-state index contributed by atoms with van der Waals surface area (Å²) in [5.41, 5.74) is 6.21. The molecular formula is C19H20FN5O3. The Hall–Kier alpha value is -2.94. The maximum absolute atomic E-state index is 15.9. The fourth-order valence-corrected chi connectivity index (χ4v) is 4.27. The minimum Gasteiger partial charge on any atom is -0.477 e. The van der Waals surface area contributed by atoms with Crippen LogP contribution >= 0.6 is 0 Å². The Balaban J connectivity index is 1.91. The second-order valence-electron chi connectivity index (χ2n) is 7.68. The number of carbonyl (C=O) groups is 1. The zero-order chi connectivity index (χ0) is 19.6. The molecule has 1 unspecified atom stereocenters. The van der Waals surface area contributed by atoms with Gasteiger partial charge in [0.15, 0.2) is 5.82 Å². The highest BCUT2D eigenvalue weighted by Crippen LogP contribution is 2.41. The summed E-state index contributed by atoms with van der Waals surface area (Å²) in [5.74, 6) is -1.85. The van der Waals surface area contributed by atoms with Crippen LogP contribution in [0, 0.1) is 5.82 Å². The number of carboxylic acid groups (broad SMARTS) is 1. The molecule has 28 heavy (non-hydrogen) atoms. The third-order valence-electron chi connectivity index (χ3n) is 5.71. The van der Waals surface area contributed by atoms with Gasteiger partial charge in [-0.3, -0.25) is 4.79 Å². The lowest BCUT2D eigenvalue weighted by molar-refractivity contribution is 0.0695. The predicted molar refractivity (Wildman–Crippen MR) is 102 cm³/mol. The molecule has 3 heterocycles. The summed E-state index contributed by atoms with van der Waals surface area (Å²) in [6.45, 7) is 1.17. The van der Waals surface area contributed by atoms with Gasteiger partial charge < -0.3 is 25.3 Å². The average molecular weight is 385 g/mol. The zero-order valence-electron chi connectivity index (χ0n) is 15.1. The van der Waals surface area contributed by atoms with Crippen LogP contribution in [-0.2, 0) is 0 Å². The second kappa shape index (κ2) is 6.03. The van der Waals surface area contributed by atoms with Gasteiger partial charge in [-0.15, -0.1) is 0 Å². The van der Waals surface area contributed by atoms with Crippen LogP contribution in [-0.4, -0.2) is 44.7 Å². The summed E-state index contributed by atoms with van der Waals surface area (Å²) in [6, 6.07) is -0.0645. The largest absolute Gasteiger partial charge is 0.477 e. The number of fused-ring (bicyclic) bond motifs is 3. The molecule has 146 valence electrons. The fraction of sp³-hybridized carbons (Fsp3) is 0.421. The van der Waals surface area contributed by atoms with Crippen molar-refractivity contribution >= 4 is 33.6 Å². The number of nitrogens with one attached hydrogen (secondary N) is 1. The first-order valence-electron chi connectivity index (χ1n) is 9.44. The van der Waals surface area contributed by atoms with Gasteiger partial charge in [0.2, 0.25) is 5.43 Å². The monoisotopic (exact) mass is 385 g/mol. The maximum Gasteiger partial charge on any atom is 0.341 e. The number of hydrogen-bond acceptors (Lipinski definition) is 5. The quantitative estimate of drug-likeness (QED) is 0.635. The van der Waals surface area contributed by atoms with Crippen molar-refractivity contribution in [1.82, 2.24) is 14.5 Å². The highest BCUT2D eigenvalue weighted by atomic mass is 19.1. The number of anilines is 1. The lowest BCUT2D eigenvalue weighted by Gasteiger charge is -2.33. The molecule has 0 bridgehead atoms. The van der Waals surface area contributed by atoms with Gasteiger partial charge in [-0.25, -0.2) is 14.2 Å². The standard InChI is InChI=1S/C19H20FN5O3/c20-13-16-12(18(26)11(19(27)28)7-25(16)10-3-4-10)14-15(23-8-22-14)17(13)24-5-1-2-9(21)6-24/h7-10H,1-6,21H2,(H,22,23)(H,27,28). The molecule has 0 amide bonds. The molecule has 8 nitrogen and oxygen atoms in total. The minimum absolute atomic E-state index is 0.0106. The lowest BCUT2D eigenvalue weighted by atomic mass is 10.0. The van der Waals surface area contributed by atoms with Crippen molar-refractivity contribution in [1.29, 1.82) is 0 Å². The van der Waals surface area contributed by atoms with Crippen molar-refractivity contribution in [3.05, 3.63) is 34.1 Å². The van der Waals surface area contributed by atoms with Gasteiger partial charge in [0, 0.05) is 31.4 Å². The number of benzene rings is 1. The van der Waals surface area contributed by atoms with Crippen molar-refractivity contribution < 1.29 is 14.3 Å². The number of imidazole rings is 1. The first kappa shape index (κ1) is 17.2. The van der Waals surface area contributed by atoms with E-state index in [-0.39, 0.29) is 28.6 Å². The van der Waals surface area contributed by atoms with E-state index in [1.165, 1.54) is 12.5 Å². The molecule has 0 radical (unpaired) electrons. The number of nitrogens with two attached hydrogens (primary N) is 1. The third kappa shape index (κ3) is 2.42. The molecule has 4 N–H and O–H groups in total. The predicted octanol–water partition coefficient (Wildman–Crippen LogP) is 1.98. The number of hydrogen-bond donors (Lipinski definition) is 3. The molecule has 1 aromatic carbocycles. The van der Waals surface area contributed by atoms with E-state index in [9.17, 15) is 14.7 Å². The Labute approximate surface area is 158 Å². The van der Waals surface area contributed by atoms with Gasteiger partial charge in [-0.2, -0.15) is 0 Å². The van der Waals surface area contributed by atoms with E-state index in [0.29, 0.717) is 29.8 Å². The highest BCUT2D eigenvalue weighted by molar-refractivity contribution is 6.10. The Bertz CT molecular complexity index is 1180. The summed E-state index contributed by atoms with van der Waals surface area (Å²) in [7, 11) is 0. The van der Waals surface area contributed by atoms with Crippen molar-refractivity contribution in [2.75, 3.05) is 18.0 Å². The SMILES string of the molecule is NC1CCCN(c2c(F)c3c(c(=O)c(C(=O)O)cn3C3CC3)c3nc[nH]c23)C1. The number of nitrogens with zero attached hydrogens (tertiary/aromatic N) is 3. The minimum atomic E-state index is -1.32. The molecule has 3 aromatic rings. The van der Waals surface area contributed by atoms with E-state index < -0.39 is 17.2 Å². The lowest BCUT2D eigenvalue weighted by Crippen LogP contribution is -2.43. The van der Waals surface area contributed by atoms with Crippen molar-refractivity contribution in [2.45, 2.75) is 37.8 Å². The molecule has 2 fully saturated rings. The Morgan fingerprint density at radius 3 is 2.82 bits per heavy atom. The van der Waals surface area contributed by atoms with Gasteiger partial charge in [0.25, 0.3) is 0 Å². The number of aromatic amines is 1. The molecule has 1 atom stereocenters. The zero-order valence-corrected chi connectivity index (χ0v) is 15.1. The molecule has 9 heteroatoms. The molecule has 1 saturated carbocycles. The van der Waals surface area contributed by atoms with Crippen LogP contribution in [0.5, 0.6) is 0 Å². The van der Waals surface area contributed by atoms with Crippen LogP contribution in [0.15, 0.2) is 17.3 Å². The van der Waals surface area contributed by atoms with Gasteiger partial charge >= 0.3 is 5.97 Å². The van der Waals surface area contributed by atoms with E-state index >= 15 is 4.39 Å². The summed E-state index contributed by atoms with van der Waals surface area (Å²) in [6.07, 6.45) is 6.05. The van der Waals surface area contributed by atoms with Crippen molar-refractivity contribution in [2.24, 2.45) is 5.73 Å². The first-order chi connectivity index (χ1) is 13.5.